The Bertz CT molecular complexity index is 182. The molecule has 1 saturated heterocycles. The SMILES string of the molecule is COC(=O)C(C)N1CCCC(C)C1. The van der Waals surface area contributed by atoms with Gasteiger partial charge < -0.3 is 4.74 Å². The normalized spacial score (nSPS) is 26.8. The Kier molecular flexibility index (Phi) is 3.72. The summed E-state index contributed by atoms with van der Waals surface area (Å²) in [6, 6.07) is -0.0762. The molecule has 76 valence electrons. The minimum Gasteiger partial charge on any atom is -0.468 e. The van der Waals surface area contributed by atoms with E-state index in [1.807, 2.05) is 6.92 Å². The average molecular weight is 185 g/mol. The zero-order chi connectivity index (χ0) is 9.84. The van der Waals surface area contributed by atoms with Crippen LogP contribution in [0.25, 0.3) is 0 Å². The highest BCUT2D eigenvalue weighted by Gasteiger charge is 2.25. The highest BCUT2D eigenvalue weighted by atomic mass is 16.5. The van der Waals surface area contributed by atoms with Gasteiger partial charge in [0.1, 0.15) is 6.04 Å². The van der Waals surface area contributed by atoms with E-state index >= 15 is 0 Å². The highest BCUT2D eigenvalue weighted by molar-refractivity contribution is 5.75. The lowest BCUT2D eigenvalue weighted by Gasteiger charge is -2.33. The molecule has 1 rings (SSSR count). The second kappa shape index (κ2) is 4.61. The standard InChI is InChI=1S/C10H19NO2/c1-8-5-4-6-11(7-8)9(2)10(12)13-3/h8-9H,4-7H2,1-3H3. The molecule has 3 heteroatoms. The second-order valence-corrected chi connectivity index (χ2v) is 3.94. The third-order valence-electron chi connectivity index (χ3n) is 2.78. The summed E-state index contributed by atoms with van der Waals surface area (Å²) in [7, 11) is 1.45. The number of likely N-dealkylation sites (tertiary alicyclic amines) is 1. The first kappa shape index (κ1) is 10.5. The van der Waals surface area contributed by atoms with Gasteiger partial charge in [-0.2, -0.15) is 0 Å². The number of esters is 1. The van der Waals surface area contributed by atoms with E-state index in [-0.39, 0.29) is 12.0 Å². The molecule has 0 aromatic rings. The Morgan fingerprint density at radius 3 is 2.85 bits per heavy atom. The van der Waals surface area contributed by atoms with Crippen molar-refractivity contribution in [3.8, 4) is 0 Å². The van der Waals surface area contributed by atoms with Gasteiger partial charge in [0.25, 0.3) is 0 Å². The van der Waals surface area contributed by atoms with Crippen molar-refractivity contribution < 1.29 is 9.53 Å². The van der Waals surface area contributed by atoms with Crippen LogP contribution in [-0.2, 0) is 9.53 Å². The quantitative estimate of drug-likeness (QED) is 0.607. The number of piperidine rings is 1. The van der Waals surface area contributed by atoms with Crippen LogP contribution in [0.5, 0.6) is 0 Å². The Labute approximate surface area is 80.1 Å². The summed E-state index contributed by atoms with van der Waals surface area (Å²) in [4.78, 5) is 13.5. The molecule has 0 aromatic heterocycles. The van der Waals surface area contributed by atoms with Crippen molar-refractivity contribution in [3.63, 3.8) is 0 Å². The van der Waals surface area contributed by atoms with Crippen molar-refractivity contribution in [2.75, 3.05) is 20.2 Å². The molecule has 0 spiro atoms. The van der Waals surface area contributed by atoms with Crippen molar-refractivity contribution in [3.05, 3.63) is 0 Å². The van der Waals surface area contributed by atoms with Crippen LogP contribution >= 0.6 is 0 Å². The minimum absolute atomic E-state index is 0.0762. The predicted octanol–water partition coefficient (Wildman–Crippen LogP) is 1.28. The number of methoxy groups -OCH3 is 1. The summed E-state index contributed by atoms with van der Waals surface area (Å²) in [6.45, 7) is 6.21. The lowest BCUT2D eigenvalue weighted by atomic mass is 9.99. The molecule has 0 amide bonds. The lowest BCUT2D eigenvalue weighted by Crippen LogP contribution is -2.45. The average Bonchev–Trinajstić information content (AvgIpc) is 2.15. The van der Waals surface area contributed by atoms with E-state index in [1.165, 1.54) is 20.0 Å². The largest absolute Gasteiger partial charge is 0.468 e. The Hall–Kier alpha value is -0.570. The van der Waals surface area contributed by atoms with Crippen LogP contribution in [0, 0.1) is 5.92 Å². The number of carbonyl (C=O) groups is 1. The zero-order valence-electron chi connectivity index (χ0n) is 8.75. The number of nitrogens with zero attached hydrogens (tertiary/aromatic N) is 1. The van der Waals surface area contributed by atoms with Crippen LogP contribution in [0.15, 0.2) is 0 Å². The van der Waals surface area contributed by atoms with E-state index < -0.39 is 0 Å². The maximum Gasteiger partial charge on any atom is 0.322 e. The Morgan fingerprint density at radius 1 is 1.62 bits per heavy atom. The lowest BCUT2D eigenvalue weighted by molar-refractivity contribution is -0.147. The maximum absolute atomic E-state index is 11.3. The van der Waals surface area contributed by atoms with Gasteiger partial charge in [0.15, 0.2) is 0 Å². The fourth-order valence-corrected chi connectivity index (χ4v) is 1.90. The first-order valence-corrected chi connectivity index (χ1v) is 4.97. The van der Waals surface area contributed by atoms with Gasteiger partial charge in [-0.25, -0.2) is 0 Å². The van der Waals surface area contributed by atoms with E-state index in [0.717, 1.165) is 13.1 Å². The van der Waals surface area contributed by atoms with Crippen LogP contribution in [-0.4, -0.2) is 37.1 Å². The summed E-state index contributed by atoms with van der Waals surface area (Å²) in [5.41, 5.74) is 0. The predicted molar refractivity (Wildman–Crippen MR) is 51.4 cm³/mol. The minimum atomic E-state index is -0.117. The van der Waals surface area contributed by atoms with E-state index in [4.69, 9.17) is 4.74 Å². The molecular formula is C10H19NO2. The molecule has 0 radical (unpaired) electrons. The van der Waals surface area contributed by atoms with Gasteiger partial charge in [-0.15, -0.1) is 0 Å². The maximum atomic E-state index is 11.3. The summed E-state index contributed by atoms with van der Waals surface area (Å²) >= 11 is 0. The van der Waals surface area contributed by atoms with Gasteiger partial charge in [-0.05, 0) is 32.2 Å². The molecule has 0 aromatic carbocycles. The van der Waals surface area contributed by atoms with Crippen molar-refractivity contribution in [2.45, 2.75) is 32.7 Å². The third kappa shape index (κ3) is 2.69. The molecule has 3 nitrogen and oxygen atoms in total. The first-order valence-electron chi connectivity index (χ1n) is 4.97. The van der Waals surface area contributed by atoms with Crippen molar-refractivity contribution in [2.24, 2.45) is 5.92 Å². The molecule has 1 aliphatic heterocycles. The fourth-order valence-electron chi connectivity index (χ4n) is 1.90. The van der Waals surface area contributed by atoms with E-state index in [9.17, 15) is 4.79 Å². The van der Waals surface area contributed by atoms with Gasteiger partial charge >= 0.3 is 5.97 Å². The number of hydrogen-bond acceptors (Lipinski definition) is 3. The molecule has 0 aliphatic carbocycles. The van der Waals surface area contributed by atoms with Crippen molar-refractivity contribution >= 4 is 5.97 Å². The van der Waals surface area contributed by atoms with Crippen LogP contribution in [0.2, 0.25) is 0 Å². The molecule has 2 atom stereocenters. The molecule has 1 fully saturated rings. The topological polar surface area (TPSA) is 29.5 Å². The fraction of sp³-hybridized carbons (Fsp3) is 0.900. The van der Waals surface area contributed by atoms with Crippen LogP contribution in [0.4, 0.5) is 0 Å². The summed E-state index contributed by atoms with van der Waals surface area (Å²) in [5, 5.41) is 0. The summed E-state index contributed by atoms with van der Waals surface area (Å²) < 4.78 is 4.72. The van der Waals surface area contributed by atoms with E-state index in [2.05, 4.69) is 11.8 Å². The Morgan fingerprint density at radius 2 is 2.31 bits per heavy atom. The van der Waals surface area contributed by atoms with Gasteiger partial charge in [0.05, 0.1) is 7.11 Å². The molecule has 2 unspecified atom stereocenters. The van der Waals surface area contributed by atoms with Crippen LogP contribution < -0.4 is 0 Å². The third-order valence-corrected chi connectivity index (χ3v) is 2.78. The molecular weight excluding hydrogens is 166 g/mol. The smallest absolute Gasteiger partial charge is 0.322 e. The number of ether oxygens (including phenoxy) is 1. The molecule has 1 aliphatic rings. The van der Waals surface area contributed by atoms with Gasteiger partial charge in [-0.1, -0.05) is 6.92 Å². The van der Waals surface area contributed by atoms with Crippen LogP contribution in [0.3, 0.4) is 0 Å². The zero-order valence-corrected chi connectivity index (χ0v) is 8.75. The van der Waals surface area contributed by atoms with E-state index in [1.54, 1.807) is 0 Å². The second-order valence-electron chi connectivity index (χ2n) is 3.94. The molecule has 0 saturated carbocycles. The summed E-state index contributed by atoms with van der Waals surface area (Å²) in [5.74, 6) is 0.593. The Balaban J connectivity index is 2.45. The number of rotatable bonds is 2. The molecule has 13 heavy (non-hydrogen) atoms. The monoisotopic (exact) mass is 185 g/mol. The van der Waals surface area contributed by atoms with Gasteiger partial charge in [0.2, 0.25) is 0 Å². The molecule has 0 bridgehead atoms. The number of carbonyl (C=O) groups excluding carboxylic acids is 1. The van der Waals surface area contributed by atoms with Gasteiger partial charge in [0, 0.05) is 6.54 Å². The molecule has 0 N–H and O–H groups in total. The van der Waals surface area contributed by atoms with Gasteiger partial charge in [-0.3, -0.25) is 9.69 Å². The molecule has 1 heterocycles. The van der Waals surface area contributed by atoms with Crippen molar-refractivity contribution in [1.82, 2.24) is 4.90 Å². The first-order chi connectivity index (χ1) is 6.15. The van der Waals surface area contributed by atoms with Crippen molar-refractivity contribution in [1.29, 1.82) is 0 Å². The van der Waals surface area contributed by atoms with Crippen LogP contribution in [0.1, 0.15) is 26.7 Å². The van der Waals surface area contributed by atoms with E-state index in [0.29, 0.717) is 5.92 Å². The highest BCUT2D eigenvalue weighted by Crippen LogP contribution is 2.17. The number of hydrogen-bond donors (Lipinski definition) is 0. The summed E-state index contributed by atoms with van der Waals surface area (Å²) in [6.07, 6.45) is 2.48.